The predicted molar refractivity (Wildman–Crippen MR) is 72.8 cm³/mol. The van der Waals surface area contributed by atoms with E-state index < -0.39 is 6.61 Å². The molecule has 0 saturated heterocycles. The van der Waals surface area contributed by atoms with Crippen molar-refractivity contribution in [3.05, 3.63) is 59.7 Å². The van der Waals surface area contributed by atoms with Crippen LogP contribution in [0.5, 0.6) is 5.75 Å². The number of anilines is 1. The minimum atomic E-state index is -2.82. The lowest BCUT2D eigenvalue weighted by molar-refractivity contribution is -0.0498. The van der Waals surface area contributed by atoms with Gasteiger partial charge in [-0.25, -0.2) is 0 Å². The van der Waals surface area contributed by atoms with E-state index in [9.17, 15) is 8.78 Å². The number of benzene rings is 2. The molecule has 0 radical (unpaired) electrons. The zero-order valence-corrected chi connectivity index (χ0v) is 10.7. The molecular weight excluding hydrogens is 264 g/mol. The normalized spacial score (nSPS) is 10.6. The highest BCUT2D eigenvalue weighted by Gasteiger charge is 2.04. The average Bonchev–Trinajstić information content (AvgIpc) is 2.45. The Hall–Kier alpha value is -2.14. The fraction of sp³-hybridized carbons (Fsp3) is 0.200. The molecule has 0 unspecified atom stereocenters. The van der Waals surface area contributed by atoms with Gasteiger partial charge in [-0.3, -0.25) is 0 Å². The molecule has 3 nitrogen and oxygen atoms in total. The number of aliphatic hydroxyl groups excluding tert-OH is 1. The van der Waals surface area contributed by atoms with Crippen molar-refractivity contribution < 1.29 is 18.6 Å². The molecule has 0 saturated carbocycles. The van der Waals surface area contributed by atoms with E-state index in [4.69, 9.17) is 5.11 Å². The smallest absolute Gasteiger partial charge is 0.387 e. The van der Waals surface area contributed by atoms with Crippen LogP contribution >= 0.6 is 0 Å². The second kappa shape index (κ2) is 6.86. The van der Waals surface area contributed by atoms with Crippen molar-refractivity contribution in [3.63, 3.8) is 0 Å². The summed E-state index contributed by atoms with van der Waals surface area (Å²) in [6, 6.07) is 13.9. The Labute approximate surface area is 115 Å². The molecule has 106 valence electrons. The van der Waals surface area contributed by atoms with Crippen molar-refractivity contribution in [3.8, 4) is 5.75 Å². The fourth-order valence-corrected chi connectivity index (χ4v) is 1.82. The molecule has 0 aliphatic heterocycles. The van der Waals surface area contributed by atoms with Crippen molar-refractivity contribution in [2.45, 2.75) is 19.8 Å². The SMILES string of the molecule is OCc1cccc(NCc2cccc(OC(F)F)c2)c1. The maximum atomic E-state index is 12.1. The summed E-state index contributed by atoms with van der Waals surface area (Å²) in [4.78, 5) is 0. The van der Waals surface area contributed by atoms with Crippen LogP contribution in [0.1, 0.15) is 11.1 Å². The van der Waals surface area contributed by atoms with Crippen LogP contribution in [0.15, 0.2) is 48.5 Å². The summed E-state index contributed by atoms with van der Waals surface area (Å²) in [6.45, 7) is -2.36. The number of hydrogen-bond acceptors (Lipinski definition) is 3. The molecule has 0 amide bonds. The van der Waals surface area contributed by atoms with Crippen LogP contribution < -0.4 is 10.1 Å². The van der Waals surface area contributed by atoms with Crippen molar-refractivity contribution in [2.75, 3.05) is 5.32 Å². The molecule has 0 aliphatic rings. The van der Waals surface area contributed by atoms with E-state index in [2.05, 4.69) is 10.1 Å². The molecule has 5 heteroatoms. The summed E-state index contributed by atoms with van der Waals surface area (Å²) in [7, 11) is 0. The zero-order valence-electron chi connectivity index (χ0n) is 10.7. The third-order valence-electron chi connectivity index (χ3n) is 2.73. The lowest BCUT2D eigenvalue weighted by Gasteiger charge is -2.09. The number of halogens is 2. The molecule has 0 aliphatic carbocycles. The van der Waals surface area contributed by atoms with Gasteiger partial charge in [-0.05, 0) is 35.4 Å². The van der Waals surface area contributed by atoms with Gasteiger partial charge in [0.2, 0.25) is 0 Å². The molecule has 2 rings (SSSR count). The van der Waals surface area contributed by atoms with Gasteiger partial charge in [0.1, 0.15) is 5.75 Å². The van der Waals surface area contributed by atoms with Crippen LogP contribution in [-0.4, -0.2) is 11.7 Å². The summed E-state index contributed by atoms with van der Waals surface area (Å²) in [6.07, 6.45) is 0. The van der Waals surface area contributed by atoms with E-state index in [0.29, 0.717) is 6.54 Å². The third-order valence-corrected chi connectivity index (χ3v) is 2.73. The minimum absolute atomic E-state index is 0.0206. The summed E-state index contributed by atoms with van der Waals surface area (Å²) in [5, 5.41) is 12.2. The highest BCUT2D eigenvalue weighted by molar-refractivity contribution is 5.46. The summed E-state index contributed by atoms with van der Waals surface area (Å²) in [5.74, 6) is 0.142. The highest BCUT2D eigenvalue weighted by Crippen LogP contribution is 2.17. The van der Waals surface area contributed by atoms with Crippen LogP contribution in [0.25, 0.3) is 0 Å². The van der Waals surface area contributed by atoms with Gasteiger partial charge in [0, 0.05) is 12.2 Å². The van der Waals surface area contributed by atoms with E-state index in [1.165, 1.54) is 6.07 Å². The minimum Gasteiger partial charge on any atom is -0.435 e. The molecule has 0 fully saturated rings. The first kappa shape index (κ1) is 14.3. The van der Waals surface area contributed by atoms with Gasteiger partial charge in [-0.1, -0.05) is 24.3 Å². The van der Waals surface area contributed by atoms with Crippen molar-refractivity contribution in [1.29, 1.82) is 0 Å². The molecule has 2 N–H and O–H groups in total. The molecule has 20 heavy (non-hydrogen) atoms. The number of rotatable bonds is 6. The van der Waals surface area contributed by atoms with E-state index in [1.807, 2.05) is 30.3 Å². The standard InChI is InChI=1S/C15H15F2NO2/c16-15(17)20-14-6-2-3-11(8-14)9-18-13-5-1-4-12(7-13)10-19/h1-8,15,18-19H,9-10H2. The first-order valence-corrected chi connectivity index (χ1v) is 6.15. The maximum absolute atomic E-state index is 12.1. The maximum Gasteiger partial charge on any atom is 0.387 e. The Kier molecular flexibility index (Phi) is 4.90. The molecule has 0 heterocycles. The van der Waals surface area contributed by atoms with E-state index >= 15 is 0 Å². The van der Waals surface area contributed by atoms with Gasteiger partial charge in [0.25, 0.3) is 0 Å². The zero-order chi connectivity index (χ0) is 14.4. The predicted octanol–water partition coefficient (Wildman–Crippen LogP) is 3.39. The van der Waals surface area contributed by atoms with Gasteiger partial charge in [0.15, 0.2) is 0 Å². The number of alkyl halides is 2. The summed E-state index contributed by atoms with van der Waals surface area (Å²) < 4.78 is 28.6. The number of aliphatic hydroxyl groups is 1. The molecule has 2 aromatic carbocycles. The van der Waals surface area contributed by atoms with Crippen LogP contribution in [0, 0.1) is 0 Å². The van der Waals surface area contributed by atoms with Crippen LogP contribution in [0.2, 0.25) is 0 Å². The topological polar surface area (TPSA) is 41.5 Å². The van der Waals surface area contributed by atoms with Gasteiger partial charge in [-0.2, -0.15) is 8.78 Å². The Morgan fingerprint density at radius 1 is 1.05 bits per heavy atom. The van der Waals surface area contributed by atoms with Gasteiger partial charge in [-0.15, -0.1) is 0 Å². The second-order valence-corrected chi connectivity index (χ2v) is 4.24. The second-order valence-electron chi connectivity index (χ2n) is 4.24. The summed E-state index contributed by atoms with van der Waals surface area (Å²) >= 11 is 0. The number of hydrogen-bond donors (Lipinski definition) is 2. The van der Waals surface area contributed by atoms with Crippen molar-refractivity contribution in [2.24, 2.45) is 0 Å². The first-order chi connectivity index (χ1) is 9.67. The van der Waals surface area contributed by atoms with Crippen LogP contribution in [0.3, 0.4) is 0 Å². The van der Waals surface area contributed by atoms with E-state index in [1.54, 1.807) is 12.1 Å². The fourth-order valence-electron chi connectivity index (χ4n) is 1.82. The van der Waals surface area contributed by atoms with Crippen molar-refractivity contribution >= 4 is 5.69 Å². The van der Waals surface area contributed by atoms with Gasteiger partial charge < -0.3 is 15.2 Å². The van der Waals surface area contributed by atoms with Crippen LogP contribution in [0.4, 0.5) is 14.5 Å². The van der Waals surface area contributed by atoms with Crippen molar-refractivity contribution in [1.82, 2.24) is 0 Å². The lowest BCUT2D eigenvalue weighted by Crippen LogP contribution is -2.04. The third kappa shape index (κ3) is 4.20. The quantitative estimate of drug-likeness (QED) is 0.851. The van der Waals surface area contributed by atoms with Crippen LogP contribution in [-0.2, 0) is 13.2 Å². The summed E-state index contributed by atoms with van der Waals surface area (Å²) in [5.41, 5.74) is 2.50. The van der Waals surface area contributed by atoms with Gasteiger partial charge in [0.05, 0.1) is 6.61 Å². The Balaban J connectivity index is 1.99. The Morgan fingerprint density at radius 3 is 2.55 bits per heavy atom. The number of nitrogens with one attached hydrogen (secondary N) is 1. The van der Waals surface area contributed by atoms with E-state index in [-0.39, 0.29) is 12.4 Å². The molecule has 0 atom stereocenters. The monoisotopic (exact) mass is 279 g/mol. The molecule has 2 aromatic rings. The largest absolute Gasteiger partial charge is 0.435 e. The average molecular weight is 279 g/mol. The molecular formula is C15H15F2NO2. The molecule has 0 aromatic heterocycles. The Bertz CT molecular complexity index is 561. The van der Waals surface area contributed by atoms with E-state index in [0.717, 1.165) is 16.8 Å². The van der Waals surface area contributed by atoms with Gasteiger partial charge >= 0.3 is 6.61 Å². The lowest BCUT2D eigenvalue weighted by atomic mass is 10.2. The highest BCUT2D eigenvalue weighted by atomic mass is 19.3. The molecule has 0 spiro atoms. The first-order valence-electron chi connectivity index (χ1n) is 6.15. The Morgan fingerprint density at radius 2 is 1.80 bits per heavy atom. The number of ether oxygens (including phenoxy) is 1. The molecule has 0 bridgehead atoms.